The summed E-state index contributed by atoms with van der Waals surface area (Å²) in [5, 5.41) is 9.93. The van der Waals surface area contributed by atoms with Crippen molar-refractivity contribution in [1.29, 1.82) is 0 Å². The van der Waals surface area contributed by atoms with E-state index in [0.717, 1.165) is 11.3 Å². The molecule has 1 atom stereocenters. The summed E-state index contributed by atoms with van der Waals surface area (Å²) in [4.78, 5) is 11.5. The summed E-state index contributed by atoms with van der Waals surface area (Å²) in [6.45, 7) is 2.30. The highest BCUT2D eigenvalue weighted by Gasteiger charge is 2.08. The van der Waals surface area contributed by atoms with Gasteiger partial charge in [-0.1, -0.05) is 12.1 Å². The minimum Gasteiger partial charge on any atom is -0.348 e. The summed E-state index contributed by atoms with van der Waals surface area (Å²) in [6.07, 6.45) is 3.64. The lowest BCUT2D eigenvalue weighted by Crippen LogP contribution is -2.33. The quantitative estimate of drug-likeness (QED) is 0.882. The molecule has 0 aliphatic carbocycles. The average molecular weight is 295 g/mol. The molecule has 0 bridgehead atoms. The molecule has 0 aliphatic rings. The van der Waals surface area contributed by atoms with Gasteiger partial charge in [0.15, 0.2) is 0 Å². The average Bonchev–Trinajstić information content (AvgIpc) is 2.93. The largest absolute Gasteiger partial charge is 0.348 e. The maximum atomic E-state index is 11.5. The van der Waals surface area contributed by atoms with Crippen molar-refractivity contribution < 1.29 is 4.79 Å². The first-order valence-corrected chi connectivity index (χ1v) is 6.24. The van der Waals surface area contributed by atoms with Crippen molar-refractivity contribution in [3.63, 3.8) is 0 Å². The van der Waals surface area contributed by atoms with E-state index in [1.165, 1.54) is 0 Å². The molecule has 1 amide bonds. The zero-order valence-corrected chi connectivity index (χ0v) is 12.4. The molecule has 0 saturated heterocycles. The molecule has 108 valence electrons. The van der Waals surface area contributed by atoms with Gasteiger partial charge in [0.25, 0.3) is 0 Å². The van der Waals surface area contributed by atoms with E-state index in [-0.39, 0.29) is 24.4 Å². The number of carbonyl (C=O) groups excluding carboxylic acids is 1. The van der Waals surface area contributed by atoms with Gasteiger partial charge in [0, 0.05) is 12.4 Å². The van der Waals surface area contributed by atoms with Crippen molar-refractivity contribution >= 4 is 18.3 Å². The van der Waals surface area contributed by atoms with Gasteiger partial charge in [-0.15, -0.1) is 12.4 Å². The molecule has 2 aromatic rings. The lowest BCUT2D eigenvalue weighted by molar-refractivity contribution is -0.120. The van der Waals surface area contributed by atoms with Gasteiger partial charge in [0.2, 0.25) is 5.91 Å². The fraction of sp³-hybridized carbons (Fsp3) is 0.286. The molecule has 0 fully saturated rings. The summed E-state index contributed by atoms with van der Waals surface area (Å²) in [6, 6.07) is 9.86. The lowest BCUT2D eigenvalue weighted by atomic mass is 10.1. The molecule has 0 radical (unpaired) electrons. The van der Waals surface area contributed by atoms with Crippen LogP contribution < -0.4 is 10.6 Å². The zero-order chi connectivity index (χ0) is 13.7. The molecule has 2 rings (SSSR count). The van der Waals surface area contributed by atoms with Crippen LogP contribution in [0.3, 0.4) is 0 Å². The van der Waals surface area contributed by atoms with Gasteiger partial charge in [0.1, 0.15) is 0 Å². The summed E-state index contributed by atoms with van der Waals surface area (Å²) >= 11 is 0. The molecule has 1 unspecified atom stereocenters. The zero-order valence-electron chi connectivity index (χ0n) is 11.5. The Morgan fingerprint density at radius 1 is 1.35 bits per heavy atom. The minimum absolute atomic E-state index is 0. The van der Waals surface area contributed by atoms with Crippen LogP contribution in [0.5, 0.6) is 0 Å². The number of hydrogen-bond acceptors (Lipinski definition) is 3. The number of nitrogens with one attached hydrogen (secondary N) is 2. The fourth-order valence-corrected chi connectivity index (χ4v) is 1.87. The van der Waals surface area contributed by atoms with Gasteiger partial charge >= 0.3 is 0 Å². The maximum Gasteiger partial charge on any atom is 0.234 e. The number of carbonyl (C=O) groups is 1. The highest BCUT2D eigenvalue weighted by atomic mass is 35.5. The van der Waals surface area contributed by atoms with Gasteiger partial charge in [0.05, 0.1) is 18.3 Å². The topological polar surface area (TPSA) is 59.0 Å². The SMILES string of the molecule is CNCC(=O)NC(C)c1ccc(-n2cccn2)cc1.Cl. The molecular formula is C14H19ClN4O. The molecule has 1 aromatic carbocycles. The summed E-state index contributed by atoms with van der Waals surface area (Å²) < 4.78 is 1.80. The minimum atomic E-state index is -0.00819. The Kier molecular flexibility index (Phi) is 6.21. The first-order valence-electron chi connectivity index (χ1n) is 6.24. The van der Waals surface area contributed by atoms with Gasteiger partial charge in [-0.05, 0) is 37.7 Å². The highest BCUT2D eigenvalue weighted by Crippen LogP contribution is 2.15. The number of likely N-dealkylation sites (N-methyl/N-ethyl adjacent to an activating group) is 1. The van der Waals surface area contributed by atoms with Crippen LogP contribution in [0.4, 0.5) is 0 Å². The van der Waals surface area contributed by atoms with Gasteiger partial charge in [-0.3, -0.25) is 4.79 Å². The Bertz CT molecular complexity index is 525. The molecule has 1 aromatic heterocycles. The highest BCUT2D eigenvalue weighted by molar-refractivity contribution is 5.85. The van der Waals surface area contributed by atoms with E-state index in [4.69, 9.17) is 0 Å². The van der Waals surface area contributed by atoms with Crippen LogP contribution in [0.15, 0.2) is 42.7 Å². The van der Waals surface area contributed by atoms with E-state index in [9.17, 15) is 4.79 Å². The summed E-state index contributed by atoms with van der Waals surface area (Å²) in [7, 11) is 1.75. The maximum absolute atomic E-state index is 11.5. The van der Waals surface area contributed by atoms with Crippen LogP contribution in [0.1, 0.15) is 18.5 Å². The van der Waals surface area contributed by atoms with Crippen LogP contribution in [-0.2, 0) is 4.79 Å². The van der Waals surface area contributed by atoms with Crippen LogP contribution in [0.2, 0.25) is 0 Å². The standard InChI is InChI=1S/C14H18N4O.ClH/c1-11(17-14(19)10-15-2)12-4-6-13(7-5-12)18-9-3-8-16-18;/h3-9,11,15H,10H2,1-2H3,(H,17,19);1H. The number of aromatic nitrogens is 2. The Hall–Kier alpha value is -1.85. The predicted molar refractivity (Wildman–Crippen MR) is 81.3 cm³/mol. The molecule has 20 heavy (non-hydrogen) atoms. The van der Waals surface area contributed by atoms with Crippen molar-refractivity contribution in [3.8, 4) is 5.69 Å². The second-order valence-electron chi connectivity index (χ2n) is 4.36. The monoisotopic (exact) mass is 294 g/mol. The summed E-state index contributed by atoms with van der Waals surface area (Å²) in [5.74, 6) is -0.00819. The van der Waals surface area contributed by atoms with Gasteiger partial charge in [-0.2, -0.15) is 5.10 Å². The van der Waals surface area contributed by atoms with E-state index in [0.29, 0.717) is 6.54 Å². The molecule has 1 heterocycles. The van der Waals surface area contributed by atoms with Gasteiger partial charge < -0.3 is 10.6 Å². The Balaban J connectivity index is 0.00000200. The van der Waals surface area contributed by atoms with Crippen molar-refractivity contribution in [1.82, 2.24) is 20.4 Å². The molecule has 0 aliphatic heterocycles. The van der Waals surface area contributed by atoms with Crippen LogP contribution in [0.25, 0.3) is 5.69 Å². The van der Waals surface area contributed by atoms with E-state index in [1.54, 1.807) is 17.9 Å². The number of hydrogen-bond donors (Lipinski definition) is 2. The Morgan fingerprint density at radius 2 is 2.05 bits per heavy atom. The third-order valence-electron chi connectivity index (χ3n) is 2.88. The Labute approximate surface area is 124 Å². The van der Waals surface area contributed by atoms with Crippen molar-refractivity contribution in [2.75, 3.05) is 13.6 Å². The van der Waals surface area contributed by atoms with Crippen LogP contribution >= 0.6 is 12.4 Å². The van der Waals surface area contributed by atoms with E-state index < -0.39 is 0 Å². The summed E-state index contributed by atoms with van der Waals surface area (Å²) in [5.41, 5.74) is 2.07. The number of nitrogens with zero attached hydrogens (tertiary/aromatic N) is 2. The number of amides is 1. The van der Waals surface area contributed by atoms with E-state index in [1.807, 2.05) is 43.5 Å². The Morgan fingerprint density at radius 3 is 2.60 bits per heavy atom. The second-order valence-corrected chi connectivity index (χ2v) is 4.36. The predicted octanol–water partition coefficient (Wildman–Crippen LogP) is 1.69. The second kappa shape index (κ2) is 7.67. The number of halogens is 1. The van der Waals surface area contributed by atoms with Gasteiger partial charge in [-0.25, -0.2) is 4.68 Å². The third-order valence-corrected chi connectivity index (χ3v) is 2.88. The first kappa shape index (κ1) is 16.2. The third kappa shape index (κ3) is 4.08. The van der Waals surface area contributed by atoms with E-state index in [2.05, 4.69) is 15.7 Å². The number of benzene rings is 1. The first-order chi connectivity index (χ1) is 9.20. The number of rotatable bonds is 5. The molecular weight excluding hydrogens is 276 g/mol. The molecule has 5 nitrogen and oxygen atoms in total. The molecule has 6 heteroatoms. The van der Waals surface area contributed by atoms with Crippen molar-refractivity contribution in [2.24, 2.45) is 0 Å². The van der Waals surface area contributed by atoms with Crippen LogP contribution in [0, 0.1) is 0 Å². The smallest absolute Gasteiger partial charge is 0.234 e. The lowest BCUT2D eigenvalue weighted by Gasteiger charge is -2.14. The molecule has 0 saturated carbocycles. The van der Waals surface area contributed by atoms with Crippen molar-refractivity contribution in [3.05, 3.63) is 48.3 Å². The van der Waals surface area contributed by atoms with Crippen molar-refractivity contribution in [2.45, 2.75) is 13.0 Å². The van der Waals surface area contributed by atoms with E-state index >= 15 is 0 Å². The molecule has 0 spiro atoms. The molecule has 2 N–H and O–H groups in total. The normalized spacial score (nSPS) is 11.5. The van der Waals surface area contributed by atoms with Crippen LogP contribution in [-0.4, -0.2) is 29.3 Å². The fourth-order valence-electron chi connectivity index (χ4n) is 1.87.